The lowest BCUT2D eigenvalue weighted by molar-refractivity contribution is 0.0827. The molecule has 0 saturated carbocycles. The molecule has 24 heavy (non-hydrogen) atoms. The van der Waals surface area contributed by atoms with E-state index >= 15 is 0 Å². The van der Waals surface area contributed by atoms with Crippen LogP contribution < -0.4 is 0 Å². The minimum Gasteiger partial charge on any atom is -0.345 e. The number of Topliss-reactive ketones (excluding diaryl/α,β-unsaturated/α-hetero) is 1. The summed E-state index contributed by atoms with van der Waals surface area (Å²) in [4.78, 5) is 25.3. The lowest BCUT2D eigenvalue weighted by atomic mass is 10.0. The van der Waals surface area contributed by atoms with Crippen molar-refractivity contribution in [2.45, 2.75) is 6.92 Å². The number of benzene rings is 2. The van der Waals surface area contributed by atoms with E-state index in [2.05, 4.69) is 5.10 Å². The average molecular weight is 321 g/mol. The third kappa shape index (κ3) is 2.69. The van der Waals surface area contributed by atoms with E-state index in [1.807, 2.05) is 42.5 Å². The number of fused-ring (bicyclic) bond motifs is 1. The molecule has 0 atom stereocenters. The summed E-state index contributed by atoms with van der Waals surface area (Å²) < 4.78 is 1.62. The fourth-order valence-corrected chi connectivity index (χ4v) is 2.86. The van der Waals surface area contributed by atoms with Gasteiger partial charge in [-0.2, -0.15) is 5.10 Å². The Bertz CT molecular complexity index is 937. The molecule has 2 aromatic carbocycles. The highest BCUT2D eigenvalue weighted by Gasteiger charge is 2.14. The van der Waals surface area contributed by atoms with Gasteiger partial charge in [-0.05, 0) is 35.4 Å². The molecule has 1 amide bonds. The van der Waals surface area contributed by atoms with Crippen LogP contribution >= 0.6 is 0 Å². The maximum atomic E-state index is 12.0. The third-order valence-corrected chi connectivity index (χ3v) is 4.04. The maximum Gasteiger partial charge on any atom is 0.253 e. The van der Waals surface area contributed by atoms with Crippen LogP contribution in [0.15, 0.2) is 42.5 Å². The minimum atomic E-state index is -0.0205. The molecule has 0 unspecified atom stereocenters. The second kappa shape index (κ2) is 5.92. The van der Waals surface area contributed by atoms with Crippen molar-refractivity contribution < 1.29 is 9.59 Å². The largest absolute Gasteiger partial charge is 0.345 e. The van der Waals surface area contributed by atoms with Gasteiger partial charge in [0.2, 0.25) is 0 Å². The Morgan fingerprint density at radius 3 is 2.21 bits per heavy atom. The molecule has 0 fully saturated rings. The number of rotatable bonds is 3. The van der Waals surface area contributed by atoms with Crippen LogP contribution in [0.1, 0.15) is 27.8 Å². The summed E-state index contributed by atoms with van der Waals surface area (Å²) in [7, 11) is 5.24. The standard InChI is InChI=1S/C19H19N3O2/c1-12(23)18-16-10-9-15(11-17(16)20-22(18)4)13-5-7-14(8-6-13)19(24)21(2)3/h5-11H,1-4H3. The SMILES string of the molecule is CC(=O)c1c2ccc(-c3ccc(C(=O)N(C)C)cc3)cc2nn1C. The van der Waals surface area contributed by atoms with Crippen LogP contribution in [-0.4, -0.2) is 40.5 Å². The summed E-state index contributed by atoms with van der Waals surface area (Å²) in [5.41, 5.74) is 4.06. The molecule has 1 aromatic heterocycles. The lowest BCUT2D eigenvalue weighted by Crippen LogP contribution is -2.21. The molecule has 5 heteroatoms. The van der Waals surface area contributed by atoms with Crippen LogP contribution in [0.5, 0.6) is 0 Å². The van der Waals surface area contributed by atoms with Gasteiger partial charge in [-0.25, -0.2) is 0 Å². The summed E-state index contributed by atoms with van der Waals surface area (Å²) >= 11 is 0. The predicted octanol–water partition coefficient (Wildman–Crippen LogP) is 3.14. The van der Waals surface area contributed by atoms with Crippen molar-refractivity contribution in [2.24, 2.45) is 7.05 Å². The Labute approximate surface area is 140 Å². The molecule has 5 nitrogen and oxygen atoms in total. The fourth-order valence-electron chi connectivity index (χ4n) is 2.86. The zero-order chi connectivity index (χ0) is 17.4. The zero-order valence-corrected chi connectivity index (χ0v) is 14.2. The van der Waals surface area contributed by atoms with Crippen LogP contribution in [0.4, 0.5) is 0 Å². The average Bonchev–Trinajstić information content (AvgIpc) is 2.89. The Hall–Kier alpha value is -2.95. The summed E-state index contributed by atoms with van der Waals surface area (Å²) in [5.74, 6) is -0.0212. The number of nitrogens with zero attached hydrogens (tertiary/aromatic N) is 3. The summed E-state index contributed by atoms with van der Waals surface area (Å²) in [6, 6.07) is 13.3. The highest BCUT2D eigenvalue weighted by Crippen LogP contribution is 2.26. The Morgan fingerprint density at radius 1 is 1.00 bits per heavy atom. The van der Waals surface area contributed by atoms with Crippen LogP contribution in [0.3, 0.4) is 0 Å². The van der Waals surface area contributed by atoms with Crippen molar-refractivity contribution in [1.82, 2.24) is 14.7 Å². The smallest absolute Gasteiger partial charge is 0.253 e. The molecule has 0 N–H and O–H groups in total. The molecule has 3 aromatic rings. The van der Waals surface area contributed by atoms with Crippen LogP contribution in [-0.2, 0) is 7.05 Å². The van der Waals surface area contributed by atoms with Crippen molar-refractivity contribution in [3.05, 3.63) is 53.7 Å². The first-order chi connectivity index (χ1) is 11.4. The number of carbonyl (C=O) groups excluding carboxylic acids is 2. The van der Waals surface area contributed by atoms with Crippen molar-refractivity contribution in [1.29, 1.82) is 0 Å². The van der Waals surface area contributed by atoms with Gasteiger partial charge in [-0.1, -0.05) is 18.2 Å². The third-order valence-electron chi connectivity index (χ3n) is 4.04. The number of hydrogen-bond donors (Lipinski definition) is 0. The second-order valence-corrected chi connectivity index (χ2v) is 6.04. The van der Waals surface area contributed by atoms with Gasteiger partial charge in [0.15, 0.2) is 5.78 Å². The van der Waals surface area contributed by atoms with E-state index in [1.54, 1.807) is 37.6 Å². The van der Waals surface area contributed by atoms with Crippen LogP contribution in [0, 0.1) is 0 Å². The number of aryl methyl sites for hydroxylation is 1. The van der Waals surface area contributed by atoms with Crippen LogP contribution in [0.25, 0.3) is 22.0 Å². The van der Waals surface area contributed by atoms with E-state index in [0.29, 0.717) is 11.3 Å². The van der Waals surface area contributed by atoms with Crippen molar-refractivity contribution >= 4 is 22.6 Å². The Balaban J connectivity index is 2.01. The molecule has 0 spiro atoms. The number of carbonyl (C=O) groups is 2. The van der Waals surface area contributed by atoms with Gasteiger partial charge < -0.3 is 4.90 Å². The molecule has 0 bridgehead atoms. The molecule has 122 valence electrons. The number of ketones is 1. The Kier molecular flexibility index (Phi) is 3.93. The van der Waals surface area contributed by atoms with E-state index < -0.39 is 0 Å². The van der Waals surface area contributed by atoms with Gasteiger partial charge in [-0.3, -0.25) is 14.3 Å². The normalized spacial score (nSPS) is 10.8. The number of amides is 1. The zero-order valence-electron chi connectivity index (χ0n) is 14.2. The fraction of sp³-hybridized carbons (Fsp3) is 0.211. The van der Waals surface area contributed by atoms with Crippen LogP contribution in [0.2, 0.25) is 0 Å². The van der Waals surface area contributed by atoms with Gasteiger partial charge in [-0.15, -0.1) is 0 Å². The monoisotopic (exact) mass is 321 g/mol. The van der Waals surface area contributed by atoms with E-state index in [4.69, 9.17) is 0 Å². The lowest BCUT2D eigenvalue weighted by Gasteiger charge is -2.10. The molecule has 0 aliphatic rings. The quantitative estimate of drug-likeness (QED) is 0.696. The minimum absolute atomic E-state index is 0.000647. The maximum absolute atomic E-state index is 12.0. The molecule has 3 rings (SSSR count). The molecule has 1 heterocycles. The summed E-state index contributed by atoms with van der Waals surface area (Å²) in [5, 5.41) is 5.28. The topological polar surface area (TPSA) is 55.2 Å². The molecule has 0 saturated heterocycles. The molecule has 0 aliphatic heterocycles. The van der Waals surface area contributed by atoms with Gasteiger partial charge in [0.1, 0.15) is 5.69 Å². The molecule has 0 radical (unpaired) electrons. The molecular weight excluding hydrogens is 302 g/mol. The van der Waals surface area contributed by atoms with Gasteiger partial charge >= 0.3 is 0 Å². The highest BCUT2D eigenvalue weighted by molar-refractivity contribution is 6.05. The van der Waals surface area contributed by atoms with Crippen molar-refractivity contribution in [3.63, 3.8) is 0 Å². The van der Waals surface area contributed by atoms with E-state index in [-0.39, 0.29) is 11.7 Å². The van der Waals surface area contributed by atoms with Gasteiger partial charge in [0.25, 0.3) is 5.91 Å². The van der Waals surface area contributed by atoms with Gasteiger partial charge in [0.05, 0.1) is 5.52 Å². The first-order valence-corrected chi connectivity index (χ1v) is 7.68. The summed E-state index contributed by atoms with van der Waals surface area (Å²) in [6.45, 7) is 1.55. The molecular formula is C19H19N3O2. The van der Waals surface area contributed by atoms with Crippen molar-refractivity contribution in [3.8, 4) is 11.1 Å². The first-order valence-electron chi connectivity index (χ1n) is 7.68. The Morgan fingerprint density at radius 2 is 1.62 bits per heavy atom. The second-order valence-electron chi connectivity index (χ2n) is 6.04. The highest BCUT2D eigenvalue weighted by atomic mass is 16.2. The number of hydrogen-bond acceptors (Lipinski definition) is 3. The van der Waals surface area contributed by atoms with E-state index in [9.17, 15) is 9.59 Å². The number of aromatic nitrogens is 2. The first kappa shape index (κ1) is 15.9. The molecule has 0 aliphatic carbocycles. The summed E-state index contributed by atoms with van der Waals surface area (Å²) in [6.07, 6.45) is 0. The van der Waals surface area contributed by atoms with E-state index in [1.165, 1.54) is 0 Å². The van der Waals surface area contributed by atoms with Crippen molar-refractivity contribution in [2.75, 3.05) is 14.1 Å². The predicted molar refractivity (Wildman–Crippen MR) is 94.2 cm³/mol. The van der Waals surface area contributed by atoms with Gasteiger partial charge in [0, 0.05) is 39.0 Å². The van der Waals surface area contributed by atoms with E-state index in [0.717, 1.165) is 22.0 Å².